The number of para-hydroxylation sites is 1. The molecule has 19 heavy (non-hydrogen) atoms. The van der Waals surface area contributed by atoms with Crippen molar-refractivity contribution in [3.05, 3.63) is 29.6 Å². The molecule has 0 spiro atoms. The van der Waals surface area contributed by atoms with Gasteiger partial charge in [-0.2, -0.15) is 0 Å². The molecule has 102 valence electrons. The fourth-order valence-electron chi connectivity index (χ4n) is 1.89. The molecule has 5 heteroatoms. The Hall–Kier alpha value is -1.88. The van der Waals surface area contributed by atoms with Crippen molar-refractivity contribution in [1.82, 2.24) is 9.97 Å². The van der Waals surface area contributed by atoms with Crippen LogP contribution in [0, 0.1) is 0 Å². The maximum absolute atomic E-state index is 11.6. The van der Waals surface area contributed by atoms with Crippen LogP contribution in [0.3, 0.4) is 0 Å². The molecule has 0 aliphatic carbocycles. The molecule has 0 bridgehead atoms. The van der Waals surface area contributed by atoms with Crippen LogP contribution in [-0.4, -0.2) is 36.3 Å². The molecule has 0 fully saturated rings. The Balaban J connectivity index is 2.18. The van der Waals surface area contributed by atoms with Crippen molar-refractivity contribution in [2.24, 2.45) is 0 Å². The highest BCUT2D eigenvalue weighted by atomic mass is 16.5. The van der Waals surface area contributed by atoms with Gasteiger partial charge in [0.15, 0.2) is 0 Å². The van der Waals surface area contributed by atoms with Gasteiger partial charge in [0.1, 0.15) is 11.3 Å². The third-order valence-electron chi connectivity index (χ3n) is 2.80. The van der Waals surface area contributed by atoms with Gasteiger partial charge in [-0.15, -0.1) is 0 Å². The van der Waals surface area contributed by atoms with E-state index in [1.54, 1.807) is 6.07 Å². The summed E-state index contributed by atoms with van der Waals surface area (Å²) in [6.07, 6.45) is 1.71. The number of methoxy groups -OCH3 is 1. The van der Waals surface area contributed by atoms with Gasteiger partial charge < -0.3 is 14.5 Å². The van der Waals surface area contributed by atoms with Crippen LogP contribution in [0.25, 0.3) is 11.0 Å². The zero-order valence-corrected chi connectivity index (χ0v) is 11.2. The first-order valence-electron chi connectivity index (χ1n) is 6.40. The lowest BCUT2D eigenvalue weighted by atomic mass is 10.2. The molecule has 1 aromatic heterocycles. The number of ether oxygens (including phenoxy) is 2. The van der Waals surface area contributed by atoms with Gasteiger partial charge in [-0.1, -0.05) is 13.0 Å². The number of esters is 1. The second-order valence-electron chi connectivity index (χ2n) is 4.24. The number of nitrogens with zero attached hydrogens (tertiary/aromatic N) is 1. The third kappa shape index (κ3) is 3.12. The molecule has 1 N–H and O–H groups in total. The van der Waals surface area contributed by atoms with Crippen molar-refractivity contribution in [2.45, 2.75) is 19.8 Å². The molecule has 1 heterocycles. The smallest absolute Gasteiger partial charge is 0.340 e. The summed E-state index contributed by atoms with van der Waals surface area (Å²) in [6.45, 7) is 3.46. The maximum Gasteiger partial charge on any atom is 0.340 e. The summed E-state index contributed by atoms with van der Waals surface area (Å²) in [5, 5.41) is 0. The molecule has 2 aromatic rings. The number of benzene rings is 1. The minimum atomic E-state index is -0.370. The number of H-pyrrole nitrogens is 1. The summed E-state index contributed by atoms with van der Waals surface area (Å²) in [5.74, 6) is 0.452. The Morgan fingerprint density at radius 1 is 1.37 bits per heavy atom. The van der Waals surface area contributed by atoms with E-state index < -0.39 is 0 Å². The van der Waals surface area contributed by atoms with Crippen molar-refractivity contribution in [2.75, 3.05) is 20.3 Å². The van der Waals surface area contributed by atoms with E-state index in [4.69, 9.17) is 9.47 Å². The highest BCUT2D eigenvalue weighted by Crippen LogP contribution is 2.17. The van der Waals surface area contributed by atoms with Crippen LogP contribution in [0.5, 0.6) is 0 Å². The number of aromatic amines is 1. The zero-order valence-electron chi connectivity index (χ0n) is 11.2. The molecular weight excluding hydrogens is 244 g/mol. The Labute approximate surface area is 111 Å². The molecule has 2 rings (SSSR count). The summed E-state index contributed by atoms with van der Waals surface area (Å²) in [5.41, 5.74) is 1.98. The highest BCUT2D eigenvalue weighted by Gasteiger charge is 2.13. The number of nitrogens with one attached hydrogen (secondary N) is 1. The quantitative estimate of drug-likeness (QED) is 0.641. The van der Waals surface area contributed by atoms with Crippen molar-refractivity contribution in [3.63, 3.8) is 0 Å². The van der Waals surface area contributed by atoms with E-state index in [1.165, 1.54) is 7.11 Å². The molecule has 0 amide bonds. The van der Waals surface area contributed by atoms with Crippen molar-refractivity contribution >= 4 is 17.0 Å². The second kappa shape index (κ2) is 6.33. The Kier molecular flexibility index (Phi) is 4.52. The van der Waals surface area contributed by atoms with Gasteiger partial charge >= 0.3 is 5.97 Å². The summed E-state index contributed by atoms with van der Waals surface area (Å²) >= 11 is 0. The first-order valence-corrected chi connectivity index (χ1v) is 6.40. The van der Waals surface area contributed by atoms with Gasteiger partial charge in [-0.25, -0.2) is 9.78 Å². The lowest BCUT2D eigenvalue weighted by Crippen LogP contribution is -2.02. The molecule has 0 unspecified atom stereocenters. The van der Waals surface area contributed by atoms with E-state index in [-0.39, 0.29) is 5.97 Å². The molecule has 0 saturated carbocycles. The number of imidazole rings is 1. The molecule has 0 saturated heterocycles. The predicted octanol–water partition coefficient (Wildman–Crippen LogP) is 2.32. The Morgan fingerprint density at radius 2 is 2.21 bits per heavy atom. The number of hydrogen-bond donors (Lipinski definition) is 1. The topological polar surface area (TPSA) is 64.2 Å². The number of hydrogen-bond acceptors (Lipinski definition) is 4. The van der Waals surface area contributed by atoms with Crippen LogP contribution in [0.15, 0.2) is 18.2 Å². The number of rotatable bonds is 6. The molecule has 0 aliphatic heterocycles. The fraction of sp³-hybridized carbons (Fsp3) is 0.429. The Bertz CT molecular complexity index is 563. The van der Waals surface area contributed by atoms with Gasteiger partial charge in [-0.05, 0) is 18.6 Å². The molecule has 5 nitrogen and oxygen atoms in total. The molecule has 0 aliphatic rings. The Morgan fingerprint density at radius 3 is 2.95 bits per heavy atom. The lowest BCUT2D eigenvalue weighted by molar-refractivity contribution is 0.0603. The SMILES string of the molecule is CCCOCCc1nc2c(C(=O)OC)cccc2[nH]1. The van der Waals surface area contributed by atoms with Crippen LogP contribution in [0.1, 0.15) is 29.5 Å². The molecule has 0 radical (unpaired) electrons. The average molecular weight is 262 g/mol. The van der Waals surface area contributed by atoms with Crippen molar-refractivity contribution in [3.8, 4) is 0 Å². The third-order valence-corrected chi connectivity index (χ3v) is 2.80. The predicted molar refractivity (Wildman–Crippen MR) is 72.2 cm³/mol. The van der Waals surface area contributed by atoms with Crippen LogP contribution >= 0.6 is 0 Å². The monoisotopic (exact) mass is 262 g/mol. The van der Waals surface area contributed by atoms with Gasteiger partial charge in [0.05, 0.1) is 24.8 Å². The molecular formula is C14H18N2O3. The van der Waals surface area contributed by atoms with E-state index in [0.29, 0.717) is 24.1 Å². The minimum Gasteiger partial charge on any atom is -0.465 e. The normalized spacial score (nSPS) is 10.8. The first kappa shape index (κ1) is 13.5. The average Bonchev–Trinajstić information content (AvgIpc) is 2.85. The van der Waals surface area contributed by atoms with Crippen LogP contribution < -0.4 is 0 Å². The van der Waals surface area contributed by atoms with Crippen LogP contribution in [0.2, 0.25) is 0 Å². The first-order chi connectivity index (χ1) is 9.26. The van der Waals surface area contributed by atoms with Crippen molar-refractivity contribution in [1.29, 1.82) is 0 Å². The van der Waals surface area contributed by atoms with Crippen LogP contribution in [0.4, 0.5) is 0 Å². The summed E-state index contributed by atoms with van der Waals surface area (Å²) in [7, 11) is 1.37. The highest BCUT2D eigenvalue weighted by molar-refractivity contribution is 6.01. The number of carbonyl (C=O) groups is 1. The molecule has 0 atom stereocenters. The van der Waals surface area contributed by atoms with Crippen LogP contribution in [-0.2, 0) is 15.9 Å². The summed E-state index contributed by atoms with van der Waals surface area (Å²) < 4.78 is 10.2. The van der Waals surface area contributed by atoms with E-state index in [1.807, 2.05) is 12.1 Å². The largest absolute Gasteiger partial charge is 0.465 e. The number of aromatic nitrogens is 2. The number of fused-ring (bicyclic) bond motifs is 1. The van der Waals surface area contributed by atoms with E-state index in [0.717, 1.165) is 24.4 Å². The summed E-state index contributed by atoms with van der Waals surface area (Å²) in [4.78, 5) is 19.3. The second-order valence-corrected chi connectivity index (χ2v) is 4.24. The van der Waals surface area contributed by atoms with E-state index >= 15 is 0 Å². The van der Waals surface area contributed by atoms with Crippen molar-refractivity contribution < 1.29 is 14.3 Å². The standard InChI is InChI=1S/C14H18N2O3/c1-3-8-19-9-7-12-15-11-6-4-5-10(13(11)16-12)14(17)18-2/h4-6H,3,7-9H2,1-2H3,(H,15,16). The van der Waals surface area contributed by atoms with Gasteiger partial charge in [0.25, 0.3) is 0 Å². The minimum absolute atomic E-state index is 0.370. The fourth-order valence-corrected chi connectivity index (χ4v) is 1.89. The summed E-state index contributed by atoms with van der Waals surface area (Å²) in [6, 6.07) is 5.42. The van der Waals surface area contributed by atoms with E-state index in [2.05, 4.69) is 16.9 Å². The van der Waals surface area contributed by atoms with Gasteiger partial charge in [0, 0.05) is 13.0 Å². The molecule has 1 aromatic carbocycles. The van der Waals surface area contributed by atoms with E-state index in [9.17, 15) is 4.79 Å². The maximum atomic E-state index is 11.6. The van der Waals surface area contributed by atoms with Gasteiger partial charge in [-0.3, -0.25) is 0 Å². The van der Waals surface area contributed by atoms with Gasteiger partial charge in [0.2, 0.25) is 0 Å². The number of carbonyl (C=O) groups excluding carboxylic acids is 1. The lowest BCUT2D eigenvalue weighted by Gasteiger charge is -1.99. The zero-order chi connectivity index (χ0) is 13.7.